The Hall–Kier alpha value is -1.92. The molecule has 80 valence electrons. The van der Waals surface area contributed by atoms with Crippen LogP contribution in [0.4, 0.5) is 4.39 Å². The number of hydrogen-bond acceptors (Lipinski definition) is 3. The molecule has 1 amide bonds. The molecule has 1 atom stereocenters. The lowest BCUT2D eigenvalue weighted by Crippen LogP contribution is -2.37. The first-order valence-corrected chi connectivity index (χ1v) is 4.38. The average Bonchev–Trinajstić information content (AvgIpc) is 2.58. The number of amides is 1. The van der Waals surface area contributed by atoms with E-state index in [9.17, 15) is 18.8 Å². The summed E-state index contributed by atoms with van der Waals surface area (Å²) in [6.07, 6.45) is 0.927. The fraction of sp³-hybridized carbons (Fsp3) is 0.375. The standard InChI is InChI=1S/C8H8FN3O3/c9-4-3-12(8(15)11-7(4)14)5-1-2-6(13)10-5/h3,5H,1-2H2,(H,10,13)(H,11,14,15). The molecular formula is C8H8FN3O3. The quantitative estimate of drug-likeness (QED) is 0.633. The minimum Gasteiger partial charge on any atom is -0.335 e. The zero-order valence-corrected chi connectivity index (χ0v) is 7.62. The van der Waals surface area contributed by atoms with Crippen molar-refractivity contribution in [3.8, 4) is 0 Å². The fourth-order valence-corrected chi connectivity index (χ4v) is 1.50. The molecular weight excluding hydrogens is 205 g/mol. The summed E-state index contributed by atoms with van der Waals surface area (Å²) in [6, 6.07) is 0. The summed E-state index contributed by atoms with van der Waals surface area (Å²) in [5.41, 5.74) is -1.78. The van der Waals surface area contributed by atoms with Crippen LogP contribution < -0.4 is 16.6 Å². The Morgan fingerprint density at radius 2 is 2.13 bits per heavy atom. The topological polar surface area (TPSA) is 84.0 Å². The second-order valence-corrected chi connectivity index (χ2v) is 3.27. The van der Waals surface area contributed by atoms with Crippen LogP contribution in [0.25, 0.3) is 0 Å². The second kappa shape index (κ2) is 3.34. The van der Waals surface area contributed by atoms with Gasteiger partial charge in [0.25, 0.3) is 5.56 Å². The van der Waals surface area contributed by atoms with E-state index in [1.165, 1.54) is 0 Å². The maximum Gasteiger partial charge on any atom is 0.330 e. The highest BCUT2D eigenvalue weighted by molar-refractivity contribution is 5.77. The van der Waals surface area contributed by atoms with E-state index >= 15 is 0 Å². The molecule has 6 nitrogen and oxygen atoms in total. The summed E-state index contributed by atoms with van der Waals surface area (Å²) in [4.78, 5) is 34.7. The van der Waals surface area contributed by atoms with Gasteiger partial charge in [-0.1, -0.05) is 0 Å². The highest BCUT2D eigenvalue weighted by atomic mass is 19.1. The smallest absolute Gasteiger partial charge is 0.330 e. The zero-order chi connectivity index (χ0) is 11.0. The van der Waals surface area contributed by atoms with Gasteiger partial charge in [0, 0.05) is 6.42 Å². The lowest BCUT2D eigenvalue weighted by atomic mass is 10.3. The first-order valence-electron chi connectivity index (χ1n) is 4.38. The van der Waals surface area contributed by atoms with Crippen molar-refractivity contribution in [2.75, 3.05) is 0 Å². The van der Waals surface area contributed by atoms with Crippen LogP contribution in [-0.4, -0.2) is 15.5 Å². The molecule has 1 aliphatic rings. The van der Waals surface area contributed by atoms with E-state index in [2.05, 4.69) is 5.32 Å². The first kappa shape index (κ1) is 9.63. The molecule has 2 heterocycles. The number of nitrogens with one attached hydrogen (secondary N) is 2. The van der Waals surface area contributed by atoms with Crippen LogP contribution in [0.15, 0.2) is 15.8 Å². The molecule has 0 spiro atoms. The van der Waals surface area contributed by atoms with Gasteiger partial charge in [0.05, 0.1) is 6.20 Å². The molecule has 0 radical (unpaired) electrons. The normalized spacial score (nSPS) is 20.3. The van der Waals surface area contributed by atoms with E-state index in [4.69, 9.17) is 0 Å². The first-order chi connectivity index (χ1) is 7.08. The van der Waals surface area contributed by atoms with Gasteiger partial charge in [-0.05, 0) is 6.42 Å². The van der Waals surface area contributed by atoms with E-state index in [1.54, 1.807) is 0 Å². The number of carbonyl (C=O) groups is 1. The maximum absolute atomic E-state index is 12.9. The zero-order valence-electron chi connectivity index (χ0n) is 7.62. The van der Waals surface area contributed by atoms with E-state index in [1.807, 2.05) is 4.98 Å². The van der Waals surface area contributed by atoms with Crippen LogP contribution in [0.1, 0.15) is 19.0 Å². The highest BCUT2D eigenvalue weighted by Crippen LogP contribution is 2.14. The van der Waals surface area contributed by atoms with Gasteiger partial charge in [-0.25, -0.2) is 4.79 Å². The average molecular weight is 213 g/mol. The summed E-state index contributed by atoms with van der Waals surface area (Å²) >= 11 is 0. The van der Waals surface area contributed by atoms with Crippen molar-refractivity contribution in [2.24, 2.45) is 0 Å². The monoisotopic (exact) mass is 213 g/mol. The Morgan fingerprint density at radius 3 is 2.73 bits per heavy atom. The molecule has 2 N–H and O–H groups in total. The summed E-state index contributed by atoms with van der Waals surface area (Å²) in [7, 11) is 0. The van der Waals surface area contributed by atoms with E-state index in [0.29, 0.717) is 6.42 Å². The minimum absolute atomic E-state index is 0.196. The van der Waals surface area contributed by atoms with E-state index in [0.717, 1.165) is 10.8 Å². The van der Waals surface area contributed by atoms with Crippen molar-refractivity contribution in [1.82, 2.24) is 14.9 Å². The van der Waals surface area contributed by atoms with Crippen molar-refractivity contribution >= 4 is 5.91 Å². The molecule has 0 aliphatic carbocycles. The van der Waals surface area contributed by atoms with Gasteiger partial charge in [-0.2, -0.15) is 4.39 Å². The van der Waals surface area contributed by atoms with Crippen LogP contribution in [0.3, 0.4) is 0 Å². The number of nitrogens with zero attached hydrogens (tertiary/aromatic N) is 1. The number of hydrogen-bond donors (Lipinski definition) is 2. The van der Waals surface area contributed by atoms with Crippen molar-refractivity contribution < 1.29 is 9.18 Å². The lowest BCUT2D eigenvalue weighted by molar-refractivity contribution is -0.119. The number of carbonyl (C=O) groups excluding carboxylic acids is 1. The van der Waals surface area contributed by atoms with Crippen LogP contribution in [0, 0.1) is 5.82 Å². The van der Waals surface area contributed by atoms with E-state index in [-0.39, 0.29) is 12.3 Å². The predicted octanol–water partition coefficient (Wildman–Crippen LogP) is -0.916. The molecule has 1 aromatic heterocycles. The lowest BCUT2D eigenvalue weighted by Gasteiger charge is -2.12. The Kier molecular flexibility index (Phi) is 2.14. The van der Waals surface area contributed by atoms with Crippen LogP contribution in [0.2, 0.25) is 0 Å². The molecule has 0 aromatic carbocycles. The molecule has 7 heteroatoms. The third-order valence-electron chi connectivity index (χ3n) is 2.23. The second-order valence-electron chi connectivity index (χ2n) is 3.27. The van der Waals surface area contributed by atoms with Crippen LogP contribution >= 0.6 is 0 Å². The predicted molar refractivity (Wildman–Crippen MR) is 47.7 cm³/mol. The Morgan fingerprint density at radius 1 is 1.40 bits per heavy atom. The number of aromatic amines is 1. The van der Waals surface area contributed by atoms with Gasteiger partial charge in [0.2, 0.25) is 11.7 Å². The van der Waals surface area contributed by atoms with Gasteiger partial charge >= 0.3 is 5.69 Å². The van der Waals surface area contributed by atoms with Crippen molar-refractivity contribution in [2.45, 2.75) is 19.0 Å². The summed E-state index contributed by atoms with van der Waals surface area (Å²) in [5.74, 6) is -1.24. The summed E-state index contributed by atoms with van der Waals surface area (Å²) in [6.45, 7) is 0. The summed E-state index contributed by atoms with van der Waals surface area (Å²) in [5, 5.41) is 2.49. The third kappa shape index (κ3) is 1.67. The fourth-order valence-electron chi connectivity index (χ4n) is 1.50. The molecule has 0 bridgehead atoms. The molecule has 1 fully saturated rings. The van der Waals surface area contributed by atoms with Crippen molar-refractivity contribution in [3.63, 3.8) is 0 Å². The maximum atomic E-state index is 12.9. The SMILES string of the molecule is O=C1CCC(n2cc(F)c(=O)[nH]c2=O)N1. The Labute approximate surface area is 82.7 Å². The largest absolute Gasteiger partial charge is 0.335 e. The third-order valence-corrected chi connectivity index (χ3v) is 2.23. The number of halogens is 1. The van der Waals surface area contributed by atoms with Crippen molar-refractivity contribution in [1.29, 1.82) is 0 Å². The number of rotatable bonds is 1. The van der Waals surface area contributed by atoms with Gasteiger partial charge < -0.3 is 5.32 Å². The molecule has 1 saturated heterocycles. The van der Waals surface area contributed by atoms with Gasteiger partial charge in [0.15, 0.2) is 0 Å². The van der Waals surface area contributed by atoms with Crippen molar-refractivity contribution in [3.05, 3.63) is 32.9 Å². The number of aromatic nitrogens is 2. The van der Waals surface area contributed by atoms with E-state index < -0.39 is 23.2 Å². The summed E-state index contributed by atoms with van der Waals surface area (Å²) < 4.78 is 13.9. The van der Waals surface area contributed by atoms with Gasteiger partial charge in [-0.15, -0.1) is 0 Å². The minimum atomic E-state index is -1.06. The molecule has 0 saturated carbocycles. The van der Waals surface area contributed by atoms with Gasteiger partial charge in [0.1, 0.15) is 6.17 Å². The molecule has 1 aliphatic heterocycles. The number of H-pyrrole nitrogens is 1. The van der Waals surface area contributed by atoms with Crippen LogP contribution in [0.5, 0.6) is 0 Å². The van der Waals surface area contributed by atoms with Crippen LogP contribution in [-0.2, 0) is 4.79 Å². The Balaban J connectivity index is 2.45. The molecule has 15 heavy (non-hydrogen) atoms. The molecule has 2 rings (SSSR count). The molecule has 1 aromatic rings. The molecule has 1 unspecified atom stereocenters. The highest BCUT2D eigenvalue weighted by Gasteiger charge is 2.23. The Bertz CT molecular complexity index is 519. The van der Waals surface area contributed by atoms with Gasteiger partial charge in [-0.3, -0.25) is 19.1 Å².